The predicted octanol–water partition coefficient (Wildman–Crippen LogP) is 1.49. The maximum atomic E-state index is 12.5. The van der Waals surface area contributed by atoms with E-state index in [4.69, 9.17) is 0 Å². The molecule has 1 aliphatic rings. The van der Waals surface area contributed by atoms with Crippen molar-refractivity contribution in [3.05, 3.63) is 35.9 Å². The molecule has 1 saturated heterocycles. The highest BCUT2D eigenvalue weighted by Gasteiger charge is 2.35. The first-order valence-corrected chi connectivity index (χ1v) is 7.33. The molecule has 6 heteroatoms. The Hall–Kier alpha value is -2.11. The van der Waals surface area contributed by atoms with Crippen LogP contribution in [0, 0.1) is 6.92 Å². The van der Waals surface area contributed by atoms with E-state index in [1.807, 2.05) is 24.1 Å². The van der Waals surface area contributed by atoms with Gasteiger partial charge in [-0.05, 0) is 31.4 Å². The van der Waals surface area contributed by atoms with Crippen molar-refractivity contribution in [2.75, 3.05) is 13.1 Å². The van der Waals surface area contributed by atoms with E-state index in [2.05, 4.69) is 22.2 Å². The average Bonchev–Trinajstić information content (AvgIpc) is 3.11. The molecule has 1 N–H and O–H groups in total. The van der Waals surface area contributed by atoms with Crippen molar-refractivity contribution in [1.82, 2.24) is 24.9 Å². The second kappa shape index (κ2) is 5.35. The molecule has 0 radical (unpaired) electrons. The summed E-state index contributed by atoms with van der Waals surface area (Å²) < 4.78 is 1.71. The summed E-state index contributed by atoms with van der Waals surface area (Å²) in [5.74, 6) is 0.128. The van der Waals surface area contributed by atoms with Crippen LogP contribution in [0.4, 0.5) is 0 Å². The van der Waals surface area contributed by atoms with Crippen LogP contribution in [0.3, 0.4) is 0 Å². The number of hydrogen-bond donors (Lipinski definition) is 1. The summed E-state index contributed by atoms with van der Waals surface area (Å²) in [5, 5.41) is 11.3. The van der Waals surface area contributed by atoms with Gasteiger partial charge in [-0.1, -0.05) is 6.92 Å². The van der Waals surface area contributed by atoms with E-state index in [1.54, 1.807) is 17.1 Å². The normalized spacial score (nSPS) is 22.5. The summed E-state index contributed by atoms with van der Waals surface area (Å²) in [4.78, 5) is 14.4. The van der Waals surface area contributed by atoms with E-state index in [0.717, 1.165) is 37.2 Å². The predicted molar refractivity (Wildman–Crippen MR) is 78.7 cm³/mol. The van der Waals surface area contributed by atoms with Crippen LogP contribution in [0.25, 0.3) is 0 Å². The maximum absolute atomic E-state index is 12.5. The van der Waals surface area contributed by atoms with Gasteiger partial charge < -0.3 is 4.90 Å². The van der Waals surface area contributed by atoms with Crippen molar-refractivity contribution in [2.45, 2.75) is 38.6 Å². The molecule has 0 spiro atoms. The molecule has 2 aromatic heterocycles. The Labute approximate surface area is 124 Å². The number of likely N-dealkylation sites (tertiary alicyclic amines) is 1. The molecular weight excluding hydrogens is 266 g/mol. The van der Waals surface area contributed by atoms with Gasteiger partial charge in [-0.3, -0.25) is 14.6 Å². The number of aromatic nitrogens is 4. The molecule has 2 aromatic rings. The van der Waals surface area contributed by atoms with Gasteiger partial charge in [0, 0.05) is 36.6 Å². The molecule has 0 saturated carbocycles. The second-order valence-electron chi connectivity index (χ2n) is 6.17. The third-order valence-corrected chi connectivity index (χ3v) is 4.26. The highest BCUT2D eigenvalue weighted by atomic mass is 16.2. The molecule has 1 atom stereocenters. The van der Waals surface area contributed by atoms with Crippen LogP contribution in [0.15, 0.2) is 24.7 Å². The SMILES string of the molecule is Cc1cnn(CC(=O)N2CCCC(C)(c3ccn[nH]3)C2)c1. The number of nitrogens with zero attached hydrogens (tertiary/aromatic N) is 4. The number of aromatic amines is 1. The Morgan fingerprint density at radius 1 is 1.52 bits per heavy atom. The van der Waals surface area contributed by atoms with Crippen molar-refractivity contribution in [3.8, 4) is 0 Å². The summed E-state index contributed by atoms with van der Waals surface area (Å²) >= 11 is 0. The van der Waals surface area contributed by atoms with Crippen molar-refractivity contribution in [2.24, 2.45) is 0 Å². The summed E-state index contributed by atoms with van der Waals surface area (Å²) in [6.45, 7) is 6.03. The van der Waals surface area contributed by atoms with E-state index in [-0.39, 0.29) is 11.3 Å². The Balaban J connectivity index is 1.69. The van der Waals surface area contributed by atoms with Gasteiger partial charge in [0.1, 0.15) is 6.54 Å². The monoisotopic (exact) mass is 287 g/mol. The van der Waals surface area contributed by atoms with Gasteiger partial charge in [0.2, 0.25) is 5.91 Å². The number of nitrogens with one attached hydrogen (secondary N) is 1. The molecule has 3 heterocycles. The van der Waals surface area contributed by atoms with Crippen LogP contribution >= 0.6 is 0 Å². The molecule has 0 aromatic carbocycles. The fourth-order valence-electron chi connectivity index (χ4n) is 3.06. The lowest BCUT2D eigenvalue weighted by Gasteiger charge is -2.39. The van der Waals surface area contributed by atoms with Gasteiger partial charge in [-0.25, -0.2) is 0 Å². The topological polar surface area (TPSA) is 66.8 Å². The Kier molecular flexibility index (Phi) is 3.53. The Morgan fingerprint density at radius 2 is 2.38 bits per heavy atom. The molecule has 112 valence electrons. The molecule has 0 bridgehead atoms. The third-order valence-electron chi connectivity index (χ3n) is 4.26. The number of amides is 1. The van der Waals surface area contributed by atoms with Gasteiger partial charge in [0.15, 0.2) is 0 Å². The fourth-order valence-corrected chi connectivity index (χ4v) is 3.06. The first-order valence-electron chi connectivity index (χ1n) is 7.33. The zero-order valence-corrected chi connectivity index (χ0v) is 12.5. The van der Waals surface area contributed by atoms with Crippen LogP contribution in [0.2, 0.25) is 0 Å². The third kappa shape index (κ3) is 2.84. The molecule has 1 unspecified atom stereocenters. The number of carbonyl (C=O) groups is 1. The van der Waals surface area contributed by atoms with Crippen molar-refractivity contribution in [3.63, 3.8) is 0 Å². The summed E-state index contributed by atoms with van der Waals surface area (Å²) in [5.41, 5.74) is 2.14. The van der Waals surface area contributed by atoms with Crippen LogP contribution in [-0.4, -0.2) is 43.9 Å². The second-order valence-corrected chi connectivity index (χ2v) is 6.17. The minimum atomic E-state index is -0.0373. The first kappa shape index (κ1) is 13.9. The van der Waals surface area contributed by atoms with E-state index in [9.17, 15) is 4.79 Å². The number of aryl methyl sites for hydroxylation is 1. The first-order chi connectivity index (χ1) is 10.1. The summed E-state index contributed by atoms with van der Waals surface area (Å²) in [6.07, 6.45) is 7.53. The van der Waals surface area contributed by atoms with Crippen LogP contribution in [-0.2, 0) is 16.8 Å². The molecule has 0 aliphatic carbocycles. The van der Waals surface area contributed by atoms with Gasteiger partial charge >= 0.3 is 0 Å². The molecule has 6 nitrogen and oxygen atoms in total. The lowest BCUT2D eigenvalue weighted by Crippen LogP contribution is -2.48. The zero-order valence-electron chi connectivity index (χ0n) is 12.5. The molecule has 3 rings (SSSR count). The minimum Gasteiger partial charge on any atom is -0.340 e. The van der Waals surface area contributed by atoms with Crippen molar-refractivity contribution < 1.29 is 4.79 Å². The molecule has 1 aliphatic heterocycles. The minimum absolute atomic E-state index is 0.0373. The van der Waals surface area contributed by atoms with E-state index in [1.165, 1.54) is 0 Å². The summed E-state index contributed by atoms with van der Waals surface area (Å²) in [6, 6.07) is 2.00. The number of carbonyl (C=O) groups excluding carboxylic acids is 1. The van der Waals surface area contributed by atoms with E-state index >= 15 is 0 Å². The largest absolute Gasteiger partial charge is 0.340 e. The fraction of sp³-hybridized carbons (Fsp3) is 0.533. The average molecular weight is 287 g/mol. The summed E-state index contributed by atoms with van der Waals surface area (Å²) in [7, 11) is 0. The molecule has 1 amide bonds. The quantitative estimate of drug-likeness (QED) is 0.930. The standard InChI is InChI=1S/C15H21N5O/c1-12-8-17-20(9-12)10-14(21)19-7-3-5-15(2,11-19)13-4-6-16-18-13/h4,6,8-9H,3,5,7,10-11H2,1-2H3,(H,16,18). The van der Waals surface area contributed by atoms with Crippen LogP contribution in [0.5, 0.6) is 0 Å². The highest BCUT2D eigenvalue weighted by Crippen LogP contribution is 2.32. The van der Waals surface area contributed by atoms with Gasteiger partial charge in [0.05, 0.1) is 6.20 Å². The lowest BCUT2D eigenvalue weighted by molar-refractivity contribution is -0.134. The van der Waals surface area contributed by atoms with Gasteiger partial charge in [-0.2, -0.15) is 10.2 Å². The van der Waals surface area contributed by atoms with E-state index in [0.29, 0.717) is 6.54 Å². The number of rotatable bonds is 3. The lowest BCUT2D eigenvalue weighted by atomic mass is 9.79. The molecule has 1 fully saturated rings. The van der Waals surface area contributed by atoms with Crippen molar-refractivity contribution >= 4 is 5.91 Å². The maximum Gasteiger partial charge on any atom is 0.244 e. The van der Waals surface area contributed by atoms with Gasteiger partial charge in [0.25, 0.3) is 0 Å². The number of piperidine rings is 1. The van der Waals surface area contributed by atoms with Crippen molar-refractivity contribution in [1.29, 1.82) is 0 Å². The smallest absolute Gasteiger partial charge is 0.244 e. The van der Waals surface area contributed by atoms with Crippen LogP contribution in [0.1, 0.15) is 31.0 Å². The number of H-pyrrole nitrogens is 1. The Morgan fingerprint density at radius 3 is 3.05 bits per heavy atom. The molecular formula is C15H21N5O. The molecule has 21 heavy (non-hydrogen) atoms. The van der Waals surface area contributed by atoms with Gasteiger partial charge in [-0.15, -0.1) is 0 Å². The highest BCUT2D eigenvalue weighted by molar-refractivity contribution is 5.76. The van der Waals surface area contributed by atoms with E-state index < -0.39 is 0 Å². The van der Waals surface area contributed by atoms with Crippen LogP contribution < -0.4 is 0 Å². The number of hydrogen-bond acceptors (Lipinski definition) is 3. The Bertz CT molecular complexity index is 618. The zero-order chi connectivity index (χ0) is 14.9.